The van der Waals surface area contributed by atoms with Crippen molar-refractivity contribution < 1.29 is 9.53 Å². The van der Waals surface area contributed by atoms with Crippen LogP contribution in [0.1, 0.15) is 38.8 Å². The molecule has 2 aliphatic rings. The van der Waals surface area contributed by atoms with Gasteiger partial charge in [0.1, 0.15) is 5.60 Å². The zero-order valence-corrected chi connectivity index (χ0v) is 16.9. The molecule has 7 nitrogen and oxygen atoms in total. The molecule has 0 unspecified atom stereocenters. The van der Waals surface area contributed by atoms with Crippen LogP contribution in [0.15, 0.2) is 30.5 Å². The van der Waals surface area contributed by atoms with Crippen LogP contribution < -0.4 is 10.6 Å². The van der Waals surface area contributed by atoms with Crippen molar-refractivity contribution in [3.63, 3.8) is 0 Å². The van der Waals surface area contributed by atoms with Crippen molar-refractivity contribution in [3.05, 3.63) is 51.6 Å². The number of hydrogen-bond donors (Lipinski definition) is 2. The maximum atomic E-state index is 12.8. The average Bonchev–Trinajstić information content (AvgIpc) is 3.32. The molecule has 2 N–H and O–H groups in total. The van der Waals surface area contributed by atoms with Gasteiger partial charge >= 0.3 is 0 Å². The summed E-state index contributed by atoms with van der Waals surface area (Å²) in [4.78, 5) is 14.7. The summed E-state index contributed by atoms with van der Waals surface area (Å²) in [5, 5.41) is 14.7. The molecule has 0 bridgehead atoms. The Kier molecular flexibility index (Phi) is 5.37. The Bertz CT molecular complexity index is 995. The van der Waals surface area contributed by atoms with Crippen LogP contribution in [0.2, 0.25) is 0 Å². The highest BCUT2D eigenvalue weighted by atomic mass is 35.5. The lowest BCUT2D eigenvalue weighted by molar-refractivity contribution is -0.0771. The number of fused-ring (bicyclic) bond motifs is 3. The van der Waals surface area contributed by atoms with E-state index in [0.29, 0.717) is 6.54 Å². The number of thiophene rings is 1. The van der Waals surface area contributed by atoms with Gasteiger partial charge in [0.05, 0.1) is 18.0 Å². The molecule has 28 heavy (non-hydrogen) atoms. The standard InChI is InChI=1S/C19H21N5O2S.ClH/c25-18(21-12-16-23-22-15-3-1-2-9-24(15)16)14-11-13-4-10-26-19(17(13)27-14)5-7-20-8-6-19;/h1-3,9,11,20H,4-8,10,12H2,(H,21,25);1H. The third kappa shape index (κ3) is 3.30. The van der Waals surface area contributed by atoms with Crippen molar-refractivity contribution in [3.8, 4) is 0 Å². The smallest absolute Gasteiger partial charge is 0.261 e. The fourth-order valence-corrected chi connectivity index (χ4v) is 5.32. The lowest BCUT2D eigenvalue weighted by Gasteiger charge is -2.40. The van der Waals surface area contributed by atoms with Gasteiger partial charge in [0.15, 0.2) is 11.5 Å². The van der Waals surface area contributed by atoms with Crippen LogP contribution in [0.3, 0.4) is 0 Å². The number of aromatic nitrogens is 3. The largest absolute Gasteiger partial charge is 0.369 e. The van der Waals surface area contributed by atoms with Gasteiger partial charge in [-0.2, -0.15) is 0 Å². The number of rotatable bonds is 3. The van der Waals surface area contributed by atoms with Gasteiger partial charge in [-0.15, -0.1) is 33.9 Å². The topological polar surface area (TPSA) is 80.6 Å². The van der Waals surface area contributed by atoms with E-state index in [1.165, 1.54) is 10.4 Å². The molecular weight excluding hydrogens is 398 g/mol. The molecule has 0 aliphatic carbocycles. The third-order valence-electron chi connectivity index (χ3n) is 5.40. The van der Waals surface area contributed by atoms with E-state index >= 15 is 0 Å². The van der Waals surface area contributed by atoms with E-state index in [-0.39, 0.29) is 23.9 Å². The fourth-order valence-electron chi connectivity index (χ4n) is 3.99. The van der Waals surface area contributed by atoms with Crippen LogP contribution in [-0.2, 0) is 23.3 Å². The highest BCUT2D eigenvalue weighted by molar-refractivity contribution is 7.14. The number of ether oxygens (including phenoxy) is 1. The lowest BCUT2D eigenvalue weighted by Crippen LogP contribution is -2.43. The normalized spacial score (nSPS) is 17.9. The molecule has 1 saturated heterocycles. The van der Waals surface area contributed by atoms with Crippen molar-refractivity contribution in [1.82, 2.24) is 25.2 Å². The van der Waals surface area contributed by atoms with Gasteiger partial charge in [0.25, 0.3) is 5.91 Å². The van der Waals surface area contributed by atoms with E-state index in [2.05, 4.69) is 20.8 Å². The molecule has 9 heteroatoms. The predicted molar refractivity (Wildman–Crippen MR) is 109 cm³/mol. The second-order valence-electron chi connectivity index (χ2n) is 7.04. The van der Waals surface area contributed by atoms with Gasteiger partial charge in [-0.1, -0.05) is 6.07 Å². The Balaban J connectivity index is 0.00000192. The van der Waals surface area contributed by atoms with Crippen LogP contribution in [0.4, 0.5) is 0 Å². The number of amides is 1. The Hall–Kier alpha value is -2.00. The first-order valence-electron chi connectivity index (χ1n) is 9.30. The molecule has 3 aromatic heterocycles. The van der Waals surface area contributed by atoms with Crippen LogP contribution in [0, 0.1) is 0 Å². The van der Waals surface area contributed by atoms with E-state index in [0.717, 1.165) is 55.3 Å². The van der Waals surface area contributed by atoms with Crippen LogP contribution in [0.25, 0.3) is 5.65 Å². The Labute approximate surface area is 172 Å². The number of hydrogen-bond acceptors (Lipinski definition) is 6. The highest BCUT2D eigenvalue weighted by Gasteiger charge is 2.41. The minimum absolute atomic E-state index is 0. The second kappa shape index (κ2) is 7.79. The van der Waals surface area contributed by atoms with Crippen LogP contribution in [0.5, 0.6) is 0 Å². The summed E-state index contributed by atoms with van der Waals surface area (Å²) in [5.74, 6) is 0.657. The zero-order chi connectivity index (χ0) is 18.3. The summed E-state index contributed by atoms with van der Waals surface area (Å²) < 4.78 is 8.10. The van der Waals surface area contributed by atoms with E-state index in [4.69, 9.17) is 4.74 Å². The lowest BCUT2D eigenvalue weighted by atomic mass is 9.86. The predicted octanol–water partition coefficient (Wildman–Crippen LogP) is 2.29. The summed E-state index contributed by atoms with van der Waals surface area (Å²) in [7, 11) is 0. The Morgan fingerprint density at radius 1 is 1.32 bits per heavy atom. The maximum absolute atomic E-state index is 12.8. The number of carbonyl (C=O) groups is 1. The molecule has 0 saturated carbocycles. The highest BCUT2D eigenvalue weighted by Crippen LogP contribution is 2.44. The van der Waals surface area contributed by atoms with Crippen LogP contribution >= 0.6 is 23.7 Å². The van der Waals surface area contributed by atoms with Crippen molar-refractivity contribution in [1.29, 1.82) is 0 Å². The fraction of sp³-hybridized carbons (Fsp3) is 0.421. The van der Waals surface area contributed by atoms with E-state index in [9.17, 15) is 4.79 Å². The first kappa shape index (κ1) is 19.3. The molecule has 0 atom stereocenters. The van der Waals surface area contributed by atoms with Crippen molar-refractivity contribution in [2.24, 2.45) is 0 Å². The quantitative estimate of drug-likeness (QED) is 0.680. The molecule has 0 radical (unpaired) electrons. The van der Waals surface area contributed by atoms with Gasteiger partial charge < -0.3 is 15.4 Å². The third-order valence-corrected chi connectivity index (χ3v) is 6.76. The van der Waals surface area contributed by atoms with Crippen LogP contribution in [-0.4, -0.2) is 40.2 Å². The van der Waals surface area contributed by atoms with Gasteiger partial charge in [-0.05, 0) is 56.1 Å². The molecule has 1 amide bonds. The number of nitrogens with zero attached hydrogens (tertiary/aromatic N) is 3. The van der Waals surface area contributed by atoms with E-state index in [1.54, 1.807) is 11.3 Å². The SMILES string of the molecule is Cl.O=C(NCc1nnc2ccccn12)c1cc2c(s1)C1(CCNCC1)OCC2. The first-order valence-corrected chi connectivity index (χ1v) is 10.1. The molecule has 148 valence electrons. The molecular formula is C19H22ClN5O2S. The summed E-state index contributed by atoms with van der Waals surface area (Å²) in [5.41, 5.74) is 1.84. The van der Waals surface area contributed by atoms with Crippen molar-refractivity contribution >= 4 is 35.3 Å². The summed E-state index contributed by atoms with van der Waals surface area (Å²) in [6.07, 6.45) is 4.71. The molecule has 2 aliphatic heterocycles. The average molecular weight is 420 g/mol. The Morgan fingerprint density at radius 3 is 3.04 bits per heavy atom. The zero-order valence-electron chi connectivity index (χ0n) is 15.3. The molecule has 5 heterocycles. The second-order valence-corrected chi connectivity index (χ2v) is 8.09. The number of piperidine rings is 1. The summed E-state index contributed by atoms with van der Waals surface area (Å²) in [6, 6.07) is 7.78. The molecule has 1 spiro atoms. The van der Waals surface area contributed by atoms with E-state index < -0.39 is 0 Å². The minimum Gasteiger partial charge on any atom is -0.369 e. The number of halogens is 1. The van der Waals surface area contributed by atoms with Gasteiger partial charge in [0.2, 0.25) is 0 Å². The van der Waals surface area contributed by atoms with E-state index in [1.807, 2.05) is 34.9 Å². The first-order chi connectivity index (χ1) is 13.3. The summed E-state index contributed by atoms with van der Waals surface area (Å²) in [6.45, 7) is 2.99. The molecule has 5 rings (SSSR count). The number of pyridine rings is 1. The van der Waals surface area contributed by atoms with Gasteiger partial charge in [-0.25, -0.2) is 0 Å². The van der Waals surface area contributed by atoms with Crippen molar-refractivity contribution in [2.45, 2.75) is 31.4 Å². The number of nitrogens with one attached hydrogen (secondary N) is 2. The van der Waals surface area contributed by atoms with Gasteiger partial charge in [0, 0.05) is 11.1 Å². The number of carbonyl (C=O) groups excluding carboxylic acids is 1. The molecule has 0 aromatic carbocycles. The molecule has 3 aromatic rings. The Morgan fingerprint density at radius 2 is 2.18 bits per heavy atom. The molecule has 1 fully saturated rings. The minimum atomic E-state index is -0.203. The van der Waals surface area contributed by atoms with Crippen molar-refractivity contribution in [2.75, 3.05) is 19.7 Å². The van der Waals surface area contributed by atoms with Gasteiger partial charge in [-0.3, -0.25) is 9.20 Å². The maximum Gasteiger partial charge on any atom is 0.261 e. The summed E-state index contributed by atoms with van der Waals surface area (Å²) >= 11 is 1.58. The monoisotopic (exact) mass is 419 g/mol.